The van der Waals surface area contributed by atoms with Crippen LogP contribution in [0.15, 0.2) is 0 Å². The van der Waals surface area contributed by atoms with Crippen LogP contribution < -0.4 is 0 Å². The predicted molar refractivity (Wildman–Crippen MR) is 64.7 cm³/mol. The van der Waals surface area contributed by atoms with E-state index < -0.39 is 0 Å². The van der Waals surface area contributed by atoms with E-state index in [1.807, 2.05) is 0 Å². The highest BCUT2D eigenvalue weighted by atomic mass is 16.5. The van der Waals surface area contributed by atoms with E-state index in [2.05, 4.69) is 11.8 Å². The molecule has 2 aliphatic rings. The van der Waals surface area contributed by atoms with Gasteiger partial charge in [0.25, 0.3) is 0 Å². The zero-order valence-corrected chi connectivity index (χ0v) is 11.1. The van der Waals surface area contributed by atoms with Gasteiger partial charge in [-0.1, -0.05) is 0 Å². The molecule has 2 unspecified atom stereocenters. The molecule has 4 heteroatoms. The third-order valence-corrected chi connectivity index (χ3v) is 4.09. The van der Waals surface area contributed by atoms with Gasteiger partial charge in [0.15, 0.2) is 0 Å². The maximum atomic E-state index is 11.9. The van der Waals surface area contributed by atoms with Crippen LogP contribution in [0.4, 0.5) is 0 Å². The molecular weight excluding hydrogens is 218 g/mol. The normalized spacial score (nSPS) is 32.2. The zero-order chi connectivity index (χ0) is 12.5. The van der Waals surface area contributed by atoms with Crippen LogP contribution >= 0.6 is 0 Å². The molecule has 0 N–H and O–H groups in total. The van der Waals surface area contributed by atoms with Crippen molar-refractivity contribution in [3.8, 4) is 0 Å². The molecule has 1 saturated carbocycles. The monoisotopic (exact) mass is 241 g/mol. The van der Waals surface area contributed by atoms with E-state index in [-0.39, 0.29) is 17.6 Å². The van der Waals surface area contributed by atoms with Gasteiger partial charge in [-0.05, 0) is 45.1 Å². The van der Waals surface area contributed by atoms with Crippen LogP contribution in [-0.2, 0) is 14.3 Å². The van der Waals surface area contributed by atoms with Crippen LogP contribution in [0, 0.1) is 5.92 Å². The minimum Gasteiger partial charge on any atom is -0.468 e. The summed E-state index contributed by atoms with van der Waals surface area (Å²) in [5.74, 6) is 0.425. The summed E-state index contributed by atoms with van der Waals surface area (Å²) in [4.78, 5) is 14.1. The van der Waals surface area contributed by atoms with E-state index in [1.165, 1.54) is 7.11 Å². The van der Waals surface area contributed by atoms with Crippen molar-refractivity contribution in [1.82, 2.24) is 4.90 Å². The summed E-state index contributed by atoms with van der Waals surface area (Å²) in [5.41, 5.74) is -0.112. The molecule has 2 fully saturated rings. The Morgan fingerprint density at radius 2 is 2.12 bits per heavy atom. The number of methoxy groups -OCH3 is 2. The molecule has 1 aliphatic carbocycles. The third kappa shape index (κ3) is 2.80. The minimum absolute atomic E-state index is 0.0465. The van der Waals surface area contributed by atoms with Gasteiger partial charge in [0.1, 0.15) is 6.04 Å². The Morgan fingerprint density at radius 3 is 2.65 bits per heavy atom. The van der Waals surface area contributed by atoms with Crippen LogP contribution in [0.3, 0.4) is 0 Å². The van der Waals surface area contributed by atoms with Gasteiger partial charge in [0.05, 0.1) is 12.7 Å². The predicted octanol–water partition coefficient (Wildman–Crippen LogP) is 1.44. The molecule has 0 spiro atoms. The summed E-state index contributed by atoms with van der Waals surface area (Å²) in [5, 5.41) is 0. The third-order valence-electron chi connectivity index (χ3n) is 4.09. The van der Waals surface area contributed by atoms with Gasteiger partial charge < -0.3 is 9.47 Å². The number of ether oxygens (including phenoxy) is 2. The number of carbonyl (C=O) groups excluding carboxylic acids is 1. The second kappa shape index (κ2) is 4.94. The summed E-state index contributed by atoms with van der Waals surface area (Å²) in [6.45, 7) is 3.94. The van der Waals surface area contributed by atoms with Crippen LogP contribution in [0.1, 0.15) is 32.6 Å². The summed E-state index contributed by atoms with van der Waals surface area (Å²) in [6.07, 6.45) is 4.46. The number of piperidine rings is 1. The Kier molecular flexibility index (Phi) is 3.73. The van der Waals surface area contributed by atoms with Crippen LogP contribution in [-0.4, -0.2) is 49.8 Å². The fraction of sp³-hybridized carbons (Fsp3) is 0.923. The smallest absolute Gasteiger partial charge is 0.323 e. The Balaban J connectivity index is 2.05. The van der Waals surface area contributed by atoms with Gasteiger partial charge in [0.2, 0.25) is 0 Å². The lowest BCUT2D eigenvalue weighted by Crippen LogP contribution is -2.54. The van der Waals surface area contributed by atoms with E-state index in [1.54, 1.807) is 7.11 Å². The Labute approximate surface area is 103 Å². The number of esters is 1. The number of hydrogen-bond acceptors (Lipinski definition) is 4. The largest absolute Gasteiger partial charge is 0.468 e. The molecule has 0 aromatic heterocycles. The van der Waals surface area contributed by atoms with E-state index in [4.69, 9.17) is 9.47 Å². The van der Waals surface area contributed by atoms with E-state index in [9.17, 15) is 4.79 Å². The Bertz CT molecular complexity index is 290. The van der Waals surface area contributed by atoms with Gasteiger partial charge in [0, 0.05) is 13.7 Å². The van der Waals surface area contributed by atoms with Crippen molar-refractivity contribution in [2.45, 2.75) is 44.2 Å². The molecule has 0 aromatic rings. The number of nitrogens with zero attached hydrogens (tertiary/aromatic N) is 1. The molecule has 17 heavy (non-hydrogen) atoms. The van der Waals surface area contributed by atoms with Gasteiger partial charge in [-0.25, -0.2) is 0 Å². The standard InChI is InChI=1S/C13H23NO3/c1-13(17-3)7-4-8-14(9-13)11(10-5-6-10)12(15)16-2/h10-11H,4-9H2,1-3H3. The summed E-state index contributed by atoms with van der Waals surface area (Å²) in [7, 11) is 3.24. The molecule has 4 nitrogen and oxygen atoms in total. The SMILES string of the molecule is COC(=O)C(C1CC1)N1CCCC(C)(OC)C1. The highest BCUT2D eigenvalue weighted by Gasteiger charge is 2.44. The molecular formula is C13H23NO3. The highest BCUT2D eigenvalue weighted by molar-refractivity contribution is 5.76. The number of hydrogen-bond donors (Lipinski definition) is 0. The van der Waals surface area contributed by atoms with Crippen LogP contribution in [0.5, 0.6) is 0 Å². The van der Waals surface area contributed by atoms with Gasteiger partial charge in [-0.2, -0.15) is 0 Å². The first-order valence-corrected chi connectivity index (χ1v) is 6.47. The topological polar surface area (TPSA) is 38.8 Å². The fourth-order valence-electron chi connectivity index (χ4n) is 2.82. The molecule has 0 bridgehead atoms. The molecule has 0 aromatic carbocycles. The van der Waals surface area contributed by atoms with Crippen molar-refractivity contribution < 1.29 is 14.3 Å². The molecule has 1 heterocycles. The lowest BCUT2D eigenvalue weighted by molar-refractivity contribution is -0.151. The second-order valence-electron chi connectivity index (χ2n) is 5.53. The van der Waals surface area contributed by atoms with Crippen molar-refractivity contribution in [2.75, 3.05) is 27.3 Å². The van der Waals surface area contributed by atoms with E-state index in [0.717, 1.165) is 38.8 Å². The van der Waals surface area contributed by atoms with E-state index >= 15 is 0 Å². The van der Waals surface area contributed by atoms with Crippen molar-refractivity contribution in [3.05, 3.63) is 0 Å². The fourth-order valence-corrected chi connectivity index (χ4v) is 2.82. The maximum Gasteiger partial charge on any atom is 0.323 e. The van der Waals surface area contributed by atoms with Crippen molar-refractivity contribution in [3.63, 3.8) is 0 Å². The second-order valence-corrected chi connectivity index (χ2v) is 5.53. The van der Waals surface area contributed by atoms with Crippen molar-refractivity contribution in [1.29, 1.82) is 0 Å². The molecule has 2 atom stereocenters. The summed E-state index contributed by atoms with van der Waals surface area (Å²) >= 11 is 0. The molecule has 0 radical (unpaired) electrons. The number of carbonyl (C=O) groups is 1. The average molecular weight is 241 g/mol. The van der Waals surface area contributed by atoms with Crippen LogP contribution in [0.2, 0.25) is 0 Å². The maximum absolute atomic E-state index is 11.9. The van der Waals surface area contributed by atoms with Crippen LogP contribution in [0.25, 0.3) is 0 Å². The number of likely N-dealkylation sites (tertiary alicyclic amines) is 1. The Morgan fingerprint density at radius 1 is 1.41 bits per heavy atom. The average Bonchev–Trinajstić information content (AvgIpc) is 3.14. The van der Waals surface area contributed by atoms with Crippen molar-refractivity contribution >= 4 is 5.97 Å². The first-order chi connectivity index (χ1) is 8.09. The minimum atomic E-state index is -0.112. The first-order valence-electron chi connectivity index (χ1n) is 6.47. The lowest BCUT2D eigenvalue weighted by atomic mass is 9.93. The molecule has 2 rings (SSSR count). The lowest BCUT2D eigenvalue weighted by Gasteiger charge is -2.42. The quantitative estimate of drug-likeness (QED) is 0.698. The highest BCUT2D eigenvalue weighted by Crippen LogP contribution is 2.38. The Hall–Kier alpha value is -0.610. The van der Waals surface area contributed by atoms with Crippen molar-refractivity contribution in [2.24, 2.45) is 5.92 Å². The zero-order valence-electron chi connectivity index (χ0n) is 11.1. The van der Waals surface area contributed by atoms with Gasteiger partial charge >= 0.3 is 5.97 Å². The van der Waals surface area contributed by atoms with E-state index in [0.29, 0.717) is 5.92 Å². The van der Waals surface area contributed by atoms with Gasteiger partial charge in [-0.3, -0.25) is 9.69 Å². The van der Waals surface area contributed by atoms with Gasteiger partial charge in [-0.15, -0.1) is 0 Å². The molecule has 1 aliphatic heterocycles. The number of rotatable bonds is 4. The first kappa shape index (κ1) is 12.8. The summed E-state index contributed by atoms with van der Waals surface area (Å²) in [6, 6.07) is -0.0465. The molecule has 1 saturated heterocycles. The molecule has 98 valence electrons. The molecule has 0 amide bonds. The summed E-state index contributed by atoms with van der Waals surface area (Å²) < 4.78 is 10.5.